The molecule has 1 fully saturated rings. The molecule has 1 aliphatic heterocycles. The van der Waals surface area contributed by atoms with E-state index in [0.29, 0.717) is 12.1 Å². The van der Waals surface area contributed by atoms with Crippen LogP contribution in [0.1, 0.15) is 40.0 Å². The first kappa shape index (κ1) is 16.9. The molecule has 0 aliphatic carbocycles. The Morgan fingerprint density at radius 3 is 2.67 bits per heavy atom. The summed E-state index contributed by atoms with van der Waals surface area (Å²) < 4.78 is 4.26. The van der Waals surface area contributed by atoms with Crippen molar-refractivity contribution >= 4 is 22.4 Å². The maximum atomic E-state index is 12.5. The molecule has 0 atom stereocenters. The molecule has 0 spiro atoms. The van der Waals surface area contributed by atoms with E-state index in [2.05, 4.69) is 38.1 Å². The Bertz CT molecular complexity index is 707. The highest BCUT2D eigenvalue weighted by Gasteiger charge is 2.18. The predicted molar refractivity (Wildman–Crippen MR) is 98.5 cm³/mol. The van der Waals surface area contributed by atoms with Crippen molar-refractivity contribution in [2.24, 2.45) is 0 Å². The number of nitrogens with one attached hydrogen (secondary N) is 2. The van der Waals surface area contributed by atoms with E-state index >= 15 is 0 Å². The van der Waals surface area contributed by atoms with Crippen molar-refractivity contribution in [1.29, 1.82) is 0 Å². The minimum Gasteiger partial charge on any atom is -0.378 e. The molecule has 1 aromatic carbocycles. The summed E-state index contributed by atoms with van der Waals surface area (Å²) in [6, 6.07) is 8.37. The van der Waals surface area contributed by atoms with Gasteiger partial charge in [-0.1, -0.05) is 24.3 Å². The second-order valence-electron chi connectivity index (χ2n) is 6.16. The lowest BCUT2D eigenvalue weighted by Gasteiger charge is -2.17. The quantitative estimate of drug-likeness (QED) is 0.846. The van der Waals surface area contributed by atoms with Crippen LogP contribution in [-0.4, -0.2) is 35.3 Å². The molecule has 1 amide bonds. The Labute approximate surface area is 147 Å². The van der Waals surface area contributed by atoms with Gasteiger partial charge in [-0.25, -0.2) is 0 Å². The van der Waals surface area contributed by atoms with Gasteiger partial charge in [0, 0.05) is 20.1 Å². The zero-order valence-corrected chi connectivity index (χ0v) is 15.1. The van der Waals surface area contributed by atoms with Crippen LogP contribution in [0.5, 0.6) is 0 Å². The number of amides is 1. The zero-order valence-electron chi connectivity index (χ0n) is 14.3. The van der Waals surface area contributed by atoms with Gasteiger partial charge >= 0.3 is 0 Å². The number of likely N-dealkylation sites (tertiary alicyclic amines) is 1. The number of aryl methyl sites for hydroxylation is 1. The highest BCUT2D eigenvalue weighted by Crippen LogP contribution is 2.24. The van der Waals surface area contributed by atoms with E-state index in [-0.39, 0.29) is 5.91 Å². The molecule has 0 unspecified atom stereocenters. The summed E-state index contributed by atoms with van der Waals surface area (Å²) in [7, 11) is 1.81. The first-order chi connectivity index (χ1) is 11.7. The molecule has 2 heterocycles. The standard InChI is InChI=1S/C18H24N4OS/c1-13-16(18(19-2)24-21-13)17(23)20-11-14-7-3-4-8-15(14)12-22-9-5-6-10-22/h3-4,7-8,19H,5-6,9-12H2,1-2H3,(H,20,23). The number of carbonyl (C=O) groups is 1. The van der Waals surface area contributed by atoms with Crippen LogP contribution in [0.3, 0.4) is 0 Å². The van der Waals surface area contributed by atoms with Gasteiger partial charge in [0.2, 0.25) is 0 Å². The van der Waals surface area contributed by atoms with Crippen molar-refractivity contribution in [3.63, 3.8) is 0 Å². The Balaban J connectivity index is 1.68. The molecule has 3 rings (SSSR count). The van der Waals surface area contributed by atoms with Crippen LogP contribution in [0, 0.1) is 6.92 Å². The number of rotatable bonds is 6. The Kier molecular flexibility index (Phi) is 5.48. The molecule has 6 heteroatoms. The molecule has 24 heavy (non-hydrogen) atoms. The summed E-state index contributed by atoms with van der Waals surface area (Å²) in [5.74, 6) is -0.0680. The van der Waals surface area contributed by atoms with Gasteiger partial charge in [-0.05, 0) is 55.5 Å². The normalized spacial score (nSPS) is 14.8. The van der Waals surface area contributed by atoms with Crippen LogP contribution >= 0.6 is 11.5 Å². The van der Waals surface area contributed by atoms with Gasteiger partial charge in [0.15, 0.2) is 0 Å². The van der Waals surface area contributed by atoms with Crippen LogP contribution in [0.2, 0.25) is 0 Å². The molecule has 0 saturated carbocycles. The molecular formula is C18H24N4OS. The minimum absolute atomic E-state index is 0.0680. The highest BCUT2D eigenvalue weighted by atomic mass is 32.1. The number of hydrogen-bond acceptors (Lipinski definition) is 5. The molecule has 2 aromatic rings. The summed E-state index contributed by atoms with van der Waals surface area (Å²) in [6.45, 7) is 5.72. The average molecular weight is 344 g/mol. The number of aromatic nitrogens is 1. The third kappa shape index (κ3) is 3.76. The van der Waals surface area contributed by atoms with E-state index < -0.39 is 0 Å². The SMILES string of the molecule is CNc1snc(C)c1C(=O)NCc1ccccc1CN1CCCC1. The molecular weight excluding hydrogens is 320 g/mol. The van der Waals surface area contributed by atoms with Gasteiger partial charge in [-0.3, -0.25) is 9.69 Å². The number of anilines is 1. The topological polar surface area (TPSA) is 57.3 Å². The van der Waals surface area contributed by atoms with E-state index in [0.717, 1.165) is 17.2 Å². The molecule has 1 aromatic heterocycles. The summed E-state index contributed by atoms with van der Waals surface area (Å²) in [5.41, 5.74) is 3.91. The molecule has 1 aliphatic rings. The zero-order chi connectivity index (χ0) is 16.9. The molecule has 5 nitrogen and oxygen atoms in total. The van der Waals surface area contributed by atoms with Crippen molar-refractivity contribution < 1.29 is 4.79 Å². The fourth-order valence-corrected chi connectivity index (χ4v) is 3.88. The van der Waals surface area contributed by atoms with Crippen LogP contribution in [0.25, 0.3) is 0 Å². The molecule has 128 valence electrons. The van der Waals surface area contributed by atoms with Gasteiger partial charge in [-0.15, -0.1) is 0 Å². The van der Waals surface area contributed by atoms with Gasteiger partial charge in [-0.2, -0.15) is 4.37 Å². The van der Waals surface area contributed by atoms with E-state index in [1.807, 2.05) is 20.0 Å². The number of hydrogen-bond donors (Lipinski definition) is 2. The van der Waals surface area contributed by atoms with Crippen LogP contribution in [0.4, 0.5) is 5.00 Å². The lowest BCUT2D eigenvalue weighted by atomic mass is 10.1. The maximum Gasteiger partial charge on any atom is 0.256 e. The largest absolute Gasteiger partial charge is 0.378 e. The molecule has 1 saturated heterocycles. The van der Waals surface area contributed by atoms with Crippen LogP contribution < -0.4 is 10.6 Å². The van der Waals surface area contributed by atoms with E-state index in [1.54, 1.807) is 0 Å². The first-order valence-electron chi connectivity index (χ1n) is 8.40. The third-order valence-corrected chi connectivity index (χ3v) is 5.42. The summed E-state index contributed by atoms with van der Waals surface area (Å²) in [6.07, 6.45) is 2.58. The number of benzene rings is 1. The van der Waals surface area contributed by atoms with Crippen molar-refractivity contribution in [3.8, 4) is 0 Å². The van der Waals surface area contributed by atoms with Crippen molar-refractivity contribution in [2.45, 2.75) is 32.9 Å². The van der Waals surface area contributed by atoms with Gasteiger partial charge in [0.25, 0.3) is 5.91 Å². The number of carbonyl (C=O) groups excluding carboxylic acids is 1. The van der Waals surface area contributed by atoms with Gasteiger partial charge in [0.05, 0.1) is 11.3 Å². The predicted octanol–water partition coefficient (Wildman–Crippen LogP) is 3.02. The second-order valence-corrected chi connectivity index (χ2v) is 6.93. The monoisotopic (exact) mass is 344 g/mol. The van der Waals surface area contributed by atoms with E-state index in [1.165, 1.54) is 48.6 Å². The first-order valence-corrected chi connectivity index (χ1v) is 9.17. The lowest BCUT2D eigenvalue weighted by molar-refractivity contribution is 0.0951. The summed E-state index contributed by atoms with van der Waals surface area (Å²) in [5, 5.41) is 6.91. The minimum atomic E-state index is -0.0680. The van der Waals surface area contributed by atoms with E-state index in [9.17, 15) is 4.79 Å². The summed E-state index contributed by atoms with van der Waals surface area (Å²) in [4.78, 5) is 15.0. The van der Waals surface area contributed by atoms with Gasteiger partial charge in [0.1, 0.15) is 5.00 Å². The van der Waals surface area contributed by atoms with Crippen LogP contribution in [-0.2, 0) is 13.1 Å². The smallest absolute Gasteiger partial charge is 0.256 e. The van der Waals surface area contributed by atoms with Gasteiger partial charge < -0.3 is 10.6 Å². The Morgan fingerprint density at radius 1 is 1.25 bits per heavy atom. The van der Waals surface area contributed by atoms with E-state index in [4.69, 9.17) is 0 Å². The maximum absolute atomic E-state index is 12.5. The highest BCUT2D eigenvalue weighted by molar-refractivity contribution is 7.10. The van der Waals surface area contributed by atoms with Crippen LogP contribution in [0.15, 0.2) is 24.3 Å². The molecule has 2 N–H and O–H groups in total. The number of nitrogens with zero attached hydrogens (tertiary/aromatic N) is 2. The van der Waals surface area contributed by atoms with Crippen molar-refractivity contribution in [1.82, 2.24) is 14.6 Å². The fraction of sp³-hybridized carbons (Fsp3) is 0.444. The fourth-order valence-electron chi connectivity index (χ4n) is 3.14. The second kappa shape index (κ2) is 7.77. The Morgan fingerprint density at radius 2 is 1.96 bits per heavy atom. The summed E-state index contributed by atoms with van der Waals surface area (Å²) >= 11 is 1.32. The third-order valence-electron chi connectivity index (χ3n) is 4.47. The molecule has 0 radical (unpaired) electrons. The van der Waals surface area contributed by atoms with Crippen molar-refractivity contribution in [3.05, 3.63) is 46.6 Å². The Hall–Kier alpha value is -1.92. The lowest BCUT2D eigenvalue weighted by Crippen LogP contribution is -2.25. The average Bonchev–Trinajstić information content (AvgIpc) is 3.23. The molecule has 0 bridgehead atoms. The van der Waals surface area contributed by atoms with Crippen molar-refractivity contribution in [2.75, 3.05) is 25.5 Å².